The molecule has 1 amide bonds. The van der Waals surface area contributed by atoms with Crippen LogP contribution in [0.25, 0.3) is 0 Å². The molecule has 2 fully saturated rings. The Morgan fingerprint density at radius 1 is 1.38 bits per heavy atom. The van der Waals surface area contributed by atoms with Crippen molar-refractivity contribution in [3.05, 3.63) is 0 Å². The number of methoxy groups -OCH3 is 1. The summed E-state index contributed by atoms with van der Waals surface area (Å²) in [6, 6.07) is -0.898. The normalized spacial score (nSPS) is 36.3. The van der Waals surface area contributed by atoms with E-state index < -0.39 is 48.5 Å². The Morgan fingerprint density at radius 3 is 2.62 bits per heavy atom. The highest BCUT2D eigenvalue weighted by Gasteiger charge is 2.52. The minimum atomic E-state index is -1.32. The molecule has 2 saturated heterocycles. The molecule has 0 saturated carbocycles. The summed E-state index contributed by atoms with van der Waals surface area (Å²) in [5, 5.41) is 12.8. The highest BCUT2D eigenvalue weighted by molar-refractivity contribution is 5.74. The van der Waals surface area contributed by atoms with Crippen molar-refractivity contribution in [1.82, 2.24) is 5.32 Å². The smallest absolute Gasteiger partial charge is 0.334 e. The fourth-order valence-corrected chi connectivity index (χ4v) is 2.85. The number of nitrogens with one attached hydrogen (secondary N) is 1. The summed E-state index contributed by atoms with van der Waals surface area (Å²) in [6.07, 6.45) is -4.27. The minimum absolute atomic E-state index is 0.188. The molecule has 2 aliphatic rings. The van der Waals surface area contributed by atoms with Gasteiger partial charge in [0.1, 0.15) is 24.4 Å². The first-order valence-electron chi connectivity index (χ1n) is 7.80. The monoisotopic (exact) mass is 347 g/mol. The van der Waals surface area contributed by atoms with Gasteiger partial charge in [-0.15, -0.1) is 0 Å². The Kier molecular flexibility index (Phi) is 5.82. The number of aliphatic hydroxyl groups excluding tert-OH is 1. The van der Waals surface area contributed by atoms with Gasteiger partial charge in [0.05, 0.1) is 13.7 Å². The molecule has 0 aliphatic carbocycles. The molecule has 6 atom stereocenters. The number of fused-ring (bicyclic) bond motifs is 1. The van der Waals surface area contributed by atoms with E-state index in [2.05, 4.69) is 10.1 Å². The second-order valence-electron chi connectivity index (χ2n) is 6.35. The number of ether oxygens (including phenoxy) is 5. The lowest BCUT2D eigenvalue weighted by molar-refractivity contribution is -0.369. The zero-order valence-corrected chi connectivity index (χ0v) is 14.5. The molecule has 0 spiro atoms. The predicted molar refractivity (Wildman–Crippen MR) is 79.7 cm³/mol. The van der Waals surface area contributed by atoms with E-state index in [0.29, 0.717) is 0 Å². The lowest BCUT2D eigenvalue weighted by Crippen LogP contribution is -2.69. The lowest BCUT2D eigenvalue weighted by Gasteiger charge is -2.50. The Hall–Kier alpha value is -1.26. The van der Waals surface area contributed by atoms with Crippen molar-refractivity contribution < 1.29 is 38.4 Å². The number of carbonyl (C=O) groups excluding carboxylic acids is 2. The van der Waals surface area contributed by atoms with Gasteiger partial charge in [-0.05, 0) is 20.8 Å². The second kappa shape index (κ2) is 7.32. The third kappa shape index (κ3) is 4.22. The van der Waals surface area contributed by atoms with Crippen molar-refractivity contribution in [1.29, 1.82) is 0 Å². The van der Waals surface area contributed by atoms with E-state index in [1.165, 1.54) is 21.0 Å². The zero-order valence-electron chi connectivity index (χ0n) is 14.5. The van der Waals surface area contributed by atoms with Gasteiger partial charge in [-0.3, -0.25) is 4.79 Å². The SMILES string of the molecule is COC(=O)C(C)O[C@H]1[C@@H]2OC(C)(C)OC[C@H]2OC(O)[C@@H]1NC(C)=O. The molecule has 0 radical (unpaired) electrons. The van der Waals surface area contributed by atoms with Crippen LogP contribution >= 0.6 is 0 Å². The second-order valence-corrected chi connectivity index (χ2v) is 6.35. The minimum Gasteiger partial charge on any atom is -0.467 e. The van der Waals surface area contributed by atoms with Gasteiger partial charge in [-0.25, -0.2) is 4.79 Å². The molecule has 0 aromatic carbocycles. The van der Waals surface area contributed by atoms with Crippen LogP contribution in [-0.4, -0.2) is 73.2 Å². The van der Waals surface area contributed by atoms with Crippen LogP contribution < -0.4 is 5.32 Å². The van der Waals surface area contributed by atoms with Gasteiger partial charge in [-0.2, -0.15) is 0 Å². The average Bonchev–Trinajstić information content (AvgIpc) is 2.49. The van der Waals surface area contributed by atoms with Crippen molar-refractivity contribution in [2.24, 2.45) is 0 Å². The fourth-order valence-electron chi connectivity index (χ4n) is 2.85. The molecule has 0 aromatic heterocycles. The van der Waals surface area contributed by atoms with Gasteiger partial charge in [0, 0.05) is 6.92 Å². The molecule has 9 nitrogen and oxygen atoms in total. The van der Waals surface area contributed by atoms with Crippen molar-refractivity contribution in [2.75, 3.05) is 13.7 Å². The Bertz CT molecular complexity index is 482. The maximum Gasteiger partial charge on any atom is 0.334 e. The van der Waals surface area contributed by atoms with Crippen molar-refractivity contribution >= 4 is 11.9 Å². The van der Waals surface area contributed by atoms with E-state index in [4.69, 9.17) is 18.9 Å². The van der Waals surface area contributed by atoms with E-state index >= 15 is 0 Å². The van der Waals surface area contributed by atoms with Crippen LogP contribution in [0.2, 0.25) is 0 Å². The average molecular weight is 347 g/mol. The molecule has 24 heavy (non-hydrogen) atoms. The summed E-state index contributed by atoms with van der Waals surface area (Å²) in [6.45, 7) is 6.51. The maximum atomic E-state index is 11.7. The first kappa shape index (κ1) is 19.1. The predicted octanol–water partition coefficient (Wildman–Crippen LogP) is -0.693. The quantitative estimate of drug-likeness (QED) is 0.643. The highest BCUT2D eigenvalue weighted by Crippen LogP contribution is 2.33. The van der Waals surface area contributed by atoms with E-state index in [1.807, 2.05) is 0 Å². The molecule has 2 rings (SSSR count). The van der Waals surface area contributed by atoms with Gasteiger partial charge < -0.3 is 34.1 Å². The largest absolute Gasteiger partial charge is 0.467 e. The zero-order chi connectivity index (χ0) is 18.1. The number of hydrogen-bond acceptors (Lipinski definition) is 8. The third-order valence-electron chi connectivity index (χ3n) is 3.95. The molecule has 2 unspecified atom stereocenters. The lowest BCUT2D eigenvalue weighted by atomic mass is 9.95. The van der Waals surface area contributed by atoms with Crippen LogP contribution in [-0.2, 0) is 33.3 Å². The van der Waals surface area contributed by atoms with Crippen molar-refractivity contribution in [2.45, 2.75) is 70.2 Å². The summed E-state index contributed by atoms with van der Waals surface area (Å²) < 4.78 is 27.3. The number of esters is 1. The van der Waals surface area contributed by atoms with E-state index in [0.717, 1.165) is 0 Å². The Balaban J connectivity index is 2.26. The molecule has 138 valence electrons. The topological polar surface area (TPSA) is 113 Å². The van der Waals surface area contributed by atoms with Crippen LogP contribution in [0.15, 0.2) is 0 Å². The van der Waals surface area contributed by atoms with Gasteiger partial charge in [0.25, 0.3) is 0 Å². The number of hydrogen-bond donors (Lipinski definition) is 2. The summed E-state index contributed by atoms with van der Waals surface area (Å²) >= 11 is 0. The molecular weight excluding hydrogens is 322 g/mol. The molecule has 2 N–H and O–H groups in total. The summed E-state index contributed by atoms with van der Waals surface area (Å²) in [5.41, 5.74) is 0. The first-order chi connectivity index (χ1) is 11.1. The first-order valence-corrected chi connectivity index (χ1v) is 7.80. The molecule has 2 aliphatic heterocycles. The summed E-state index contributed by atoms with van der Waals surface area (Å²) in [7, 11) is 1.25. The molecular formula is C15H25NO8. The third-order valence-corrected chi connectivity index (χ3v) is 3.95. The van der Waals surface area contributed by atoms with Crippen molar-refractivity contribution in [3.63, 3.8) is 0 Å². The van der Waals surface area contributed by atoms with Crippen LogP contribution in [0.5, 0.6) is 0 Å². The maximum absolute atomic E-state index is 11.7. The fraction of sp³-hybridized carbons (Fsp3) is 0.867. The molecule has 0 bridgehead atoms. The number of amides is 1. The van der Waals surface area contributed by atoms with Crippen LogP contribution in [0, 0.1) is 0 Å². The van der Waals surface area contributed by atoms with Gasteiger partial charge in [0.2, 0.25) is 5.91 Å². The molecule has 2 heterocycles. The summed E-state index contributed by atoms with van der Waals surface area (Å²) in [5.74, 6) is -1.82. The molecule has 0 aromatic rings. The highest BCUT2D eigenvalue weighted by atomic mass is 16.7. The Labute approximate surface area is 140 Å². The molecule has 9 heteroatoms. The van der Waals surface area contributed by atoms with E-state index in [-0.39, 0.29) is 12.5 Å². The van der Waals surface area contributed by atoms with Crippen LogP contribution in [0.3, 0.4) is 0 Å². The van der Waals surface area contributed by atoms with E-state index in [1.54, 1.807) is 13.8 Å². The van der Waals surface area contributed by atoms with E-state index in [9.17, 15) is 14.7 Å². The standard InChI is InChI=1S/C15H25NO8/c1-7(13(18)20-5)22-12-10(16-8(2)17)14(19)23-9-6-21-15(3,4)24-11(9)12/h7,9-12,14,19H,6H2,1-5H3,(H,16,17)/t7?,9-,10-,11-,12-,14?/m1/s1. The summed E-state index contributed by atoms with van der Waals surface area (Å²) in [4.78, 5) is 23.2. The van der Waals surface area contributed by atoms with Crippen LogP contribution in [0.4, 0.5) is 0 Å². The Morgan fingerprint density at radius 2 is 2.04 bits per heavy atom. The van der Waals surface area contributed by atoms with Gasteiger partial charge in [0.15, 0.2) is 18.2 Å². The number of rotatable bonds is 4. The van der Waals surface area contributed by atoms with Crippen LogP contribution in [0.1, 0.15) is 27.7 Å². The van der Waals surface area contributed by atoms with Gasteiger partial charge >= 0.3 is 5.97 Å². The van der Waals surface area contributed by atoms with Crippen molar-refractivity contribution in [3.8, 4) is 0 Å². The number of carbonyl (C=O) groups is 2. The van der Waals surface area contributed by atoms with Gasteiger partial charge in [-0.1, -0.05) is 0 Å². The number of aliphatic hydroxyl groups is 1.